The molecule has 1 radical (unpaired) electrons. The minimum absolute atomic E-state index is 0.0846. The van der Waals surface area contributed by atoms with E-state index in [2.05, 4.69) is 24.0 Å². The van der Waals surface area contributed by atoms with Gasteiger partial charge in [-0.15, -0.1) is 0 Å². The summed E-state index contributed by atoms with van der Waals surface area (Å²) in [5.41, 5.74) is 6.11. The first kappa shape index (κ1) is 19.2. The number of aliphatic hydroxyl groups excluding tert-OH is 1. The minimum atomic E-state index is -5.00. The maximum atomic E-state index is 11.2. The van der Waals surface area contributed by atoms with Crippen LogP contribution >= 0.6 is 16.1 Å². The van der Waals surface area contributed by atoms with Crippen molar-refractivity contribution < 1.29 is 42.7 Å². The lowest BCUT2D eigenvalue weighted by atomic mass is 10.1. The van der Waals surface area contributed by atoms with E-state index in [1.54, 1.807) is 0 Å². The summed E-state index contributed by atoms with van der Waals surface area (Å²) in [4.78, 5) is 38.6. The monoisotopic (exact) mass is 410 g/mol. The van der Waals surface area contributed by atoms with Crippen molar-refractivity contribution in [3.05, 3.63) is 12.7 Å². The van der Waals surface area contributed by atoms with Crippen molar-refractivity contribution in [2.45, 2.75) is 24.5 Å². The zero-order chi connectivity index (χ0) is 19.1. The molecule has 3 heterocycles. The Bertz CT molecular complexity index is 872. The smallest absolute Gasteiger partial charge is 0.386 e. The average Bonchev–Trinajstić information content (AvgIpc) is 3.08. The van der Waals surface area contributed by atoms with Crippen LogP contribution in [-0.4, -0.2) is 64.2 Å². The molecule has 1 aliphatic heterocycles. The van der Waals surface area contributed by atoms with Gasteiger partial charge in [-0.3, -0.25) is 18.5 Å². The molecule has 1 fully saturated rings. The van der Waals surface area contributed by atoms with Crippen molar-refractivity contribution >= 4 is 33.1 Å². The number of hydrogen-bond acceptors (Lipinski definition) is 10. The lowest BCUT2D eigenvalue weighted by Crippen LogP contribution is -2.35. The molecule has 2 aromatic rings. The summed E-state index contributed by atoms with van der Waals surface area (Å²) >= 11 is 0. The van der Waals surface area contributed by atoms with Crippen LogP contribution in [0.1, 0.15) is 6.23 Å². The van der Waals surface area contributed by atoms with Gasteiger partial charge in [-0.1, -0.05) is 0 Å². The Labute approximate surface area is 145 Å². The van der Waals surface area contributed by atoms with Crippen LogP contribution in [-0.2, 0) is 22.9 Å². The van der Waals surface area contributed by atoms with Gasteiger partial charge in [-0.2, -0.15) is 0 Å². The molecular weight excluding hydrogens is 396 g/mol. The second-order valence-corrected chi connectivity index (χ2v) is 7.16. The third kappa shape index (κ3) is 3.88. The van der Waals surface area contributed by atoms with Gasteiger partial charge in [-0.05, 0) is 0 Å². The second kappa shape index (κ2) is 7.19. The van der Waals surface area contributed by atoms with Gasteiger partial charge >= 0.3 is 16.1 Å². The van der Waals surface area contributed by atoms with E-state index < -0.39 is 47.2 Å². The number of phosphoric ester groups is 1. The number of nitrogen functional groups attached to an aromatic ring is 1. The number of aliphatic hydroxyl groups is 1. The summed E-state index contributed by atoms with van der Waals surface area (Å²) in [6, 6.07) is 0. The molecule has 0 aromatic carbocycles. The third-order valence-corrected chi connectivity index (χ3v) is 4.47. The van der Waals surface area contributed by atoms with Gasteiger partial charge in [0.05, 0.1) is 12.9 Å². The highest BCUT2D eigenvalue weighted by atomic mass is 31.2. The molecule has 26 heavy (non-hydrogen) atoms. The average molecular weight is 410 g/mol. The number of anilines is 1. The maximum absolute atomic E-state index is 11.2. The highest BCUT2D eigenvalue weighted by molar-refractivity contribution is 7.46. The quantitative estimate of drug-likeness (QED) is 0.355. The van der Waals surface area contributed by atoms with Crippen LogP contribution in [0, 0.1) is 0 Å². The van der Waals surface area contributed by atoms with Crippen molar-refractivity contribution in [3.8, 4) is 0 Å². The van der Waals surface area contributed by atoms with Gasteiger partial charge < -0.3 is 25.4 Å². The fraction of sp³-hybridized carbons (Fsp3) is 0.500. The molecule has 1 saturated heterocycles. The van der Waals surface area contributed by atoms with Crippen molar-refractivity contribution in [2.24, 2.45) is 0 Å². The highest BCUT2D eigenvalue weighted by Crippen LogP contribution is 2.44. The largest absolute Gasteiger partial charge is 0.470 e. The predicted molar refractivity (Wildman–Crippen MR) is 82.3 cm³/mol. The number of imidazole rings is 1. The first-order valence-corrected chi connectivity index (χ1v) is 9.63. The van der Waals surface area contributed by atoms with E-state index in [9.17, 15) is 14.2 Å². The van der Waals surface area contributed by atoms with E-state index in [4.69, 9.17) is 25.2 Å². The molecule has 0 spiro atoms. The van der Waals surface area contributed by atoms with Crippen molar-refractivity contribution in [1.82, 2.24) is 19.5 Å². The Kier molecular flexibility index (Phi) is 5.30. The van der Waals surface area contributed by atoms with E-state index >= 15 is 0 Å². The van der Waals surface area contributed by atoms with Crippen LogP contribution < -0.4 is 5.73 Å². The Morgan fingerprint density at radius 3 is 2.77 bits per heavy atom. The molecule has 143 valence electrons. The topological polar surface area (TPSA) is 212 Å². The number of hydrogen-bond donors (Lipinski definition) is 5. The number of ether oxygens (including phenoxy) is 1. The molecule has 1 unspecified atom stereocenters. The molecule has 16 heteroatoms. The van der Waals surface area contributed by atoms with Crippen LogP contribution in [0.5, 0.6) is 0 Å². The molecule has 0 bridgehead atoms. The van der Waals surface area contributed by atoms with Crippen LogP contribution in [0.2, 0.25) is 0 Å². The second-order valence-electron chi connectivity index (χ2n) is 5.23. The number of fused-ring (bicyclic) bond motifs is 1. The Balaban J connectivity index is 1.93. The van der Waals surface area contributed by atoms with E-state index in [1.165, 1.54) is 10.9 Å². The van der Waals surface area contributed by atoms with Gasteiger partial charge in [0.2, 0.25) is 0 Å². The summed E-state index contributed by atoms with van der Waals surface area (Å²) in [5, 5.41) is 10.4. The molecule has 0 saturated carbocycles. The molecule has 3 rings (SSSR count). The number of rotatable bonds is 6. The molecule has 6 N–H and O–H groups in total. The van der Waals surface area contributed by atoms with E-state index in [0.717, 1.165) is 6.33 Å². The fourth-order valence-corrected chi connectivity index (χ4v) is 3.42. The van der Waals surface area contributed by atoms with Gasteiger partial charge in [-0.25, -0.2) is 24.1 Å². The normalized spacial score (nSPS) is 27.2. The molecule has 2 aromatic heterocycles. The Morgan fingerprint density at radius 1 is 1.38 bits per heavy atom. The zero-order valence-electron chi connectivity index (χ0n) is 12.8. The standard InChI is InChI=1S/C10H14N5O9P2/c11-8-5-9(13-2-12-8)15(3-14-5)10-6(16)7(24-26(19,20)21)4(23-10)1-22-25(17)18/h2-4,6-7,10,16H,1H2,(H,17,18)(H2,11,12,13)(H2,19,20,21)/t4-,6-,7-,10-/m1/s1. The number of nitrogens with zero attached hydrogens (tertiary/aromatic N) is 4. The van der Waals surface area contributed by atoms with Crippen molar-refractivity contribution in [3.63, 3.8) is 0 Å². The molecule has 14 nitrogen and oxygen atoms in total. The first-order chi connectivity index (χ1) is 12.2. The molecular formula is C10H14N5O9P2. The lowest BCUT2D eigenvalue weighted by Gasteiger charge is -2.20. The fourth-order valence-electron chi connectivity index (χ4n) is 2.57. The summed E-state index contributed by atoms with van der Waals surface area (Å²) in [6.07, 6.45) is -3.21. The van der Waals surface area contributed by atoms with Gasteiger partial charge in [0, 0.05) is 0 Å². The Morgan fingerprint density at radius 2 is 2.12 bits per heavy atom. The van der Waals surface area contributed by atoms with Crippen LogP contribution in [0.4, 0.5) is 5.82 Å². The summed E-state index contributed by atoms with van der Waals surface area (Å²) in [7, 11) is -7.99. The van der Waals surface area contributed by atoms with E-state index in [-0.39, 0.29) is 17.0 Å². The third-order valence-electron chi connectivity index (χ3n) is 3.58. The van der Waals surface area contributed by atoms with Crippen LogP contribution in [0.15, 0.2) is 12.7 Å². The number of nitrogens with two attached hydrogens (primary N) is 1. The zero-order valence-corrected chi connectivity index (χ0v) is 14.6. The number of phosphoric acid groups is 1. The Hall–Kier alpha value is -1.60. The van der Waals surface area contributed by atoms with Crippen LogP contribution in [0.25, 0.3) is 11.2 Å². The summed E-state index contributed by atoms with van der Waals surface area (Å²) in [6.45, 7) is -0.562. The lowest BCUT2D eigenvalue weighted by molar-refractivity contribution is -0.0475. The van der Waals surface area contributed by atoms with Crippen molar-refractivity contribution in [2.75, 3.05) is 12.3 Å². The van der Waals surface area contributed by atoms with Crippen LogP contribution in [0.3, 0.4) is 0 Å². The van der Waals surface area contributed by atoms with Gasteiger partial charge in [0.1, 0.15) is 30.2 Å². The molecule has 1 aliphatic rings. The molecule has 5 atom stereocenters. The summed E-state index contributed by atoms with van der Waals surface area (Å²) in [5.74, 6) is 0.0846. The molecule has 0 amide bonds. The first-order valence-electron chi connectivity index (χ1n) is 6.97. The van der Waals surface area contributed by atoms with Gasteiger partial charge in [0.25, 0.3) is 0 Å². The summed E-state index contributed by atoms with van der Waals surface area (Å²) < 4.78 is 37.8. The molecule has 0 aliphatic carbocycles. The minimum Gasteiger partial charge on any atom is -0.386 e. The predicted octanol–water partition coefficient (Wildman–Crippen LogP) is -1.19. The number of aromatic nitrogens is 4. The SMILES string of the molecule is Nc1ncnc2c1ncn2[C@@H]1O[C@H](CO[P](=O)O)[C@@H](OP(=O)(O)O)[C@H]1O. The van der Waals surface area contributed by atoms with Gasteiger partial charge in [0.15, 0.2) is 17.7 Å². The highest BCUT2D eigenvalue weighted by Gasteiger charge is 2.49. The maximum Gasteiger partial charge on any atom is 0.470 e. The van der Waals surface area contributed by atoms with E-state index in [1.807, 2.05) is 0 Å². The van der Waals surface area contributed by atoms with Crippen molar-refractivity contribution in [1.29, 1.82) is 0 Å². The van der Waals surface area contributed by atoms with E-state index in [0.29, 0.717) is 0 Å².